The normalized spacial score (nSPS) is 14.5. The third kappa shape index (κ3) is 3.37. The molecular weight excluding hydrogens is 266 g/mol. The molecule has 0 N–H and O–H groups in total. The zero-order valence-corrected chi connectivity index (χ0v) is 11.7. The van der Waals surface area contributed by atoms with Crippen molar-refractivity contribution in [3.8, 4) is 17.1 Å². The molecule has 2 aromatic rings. The van der Waals surface area contributed by atoms with Gasteiger partial charge in [0.15, 0.2) is 0 Å². The largest absolute Gasteiger partial charge is 0.490 e. The highest BCUT2D eigenvalue weighted by molar-refractivity contribution is 5.78. The van der Waals surface area contributed by atoms with E-state index in [2.05, 4.69) is 9.97 Å². The zero-order valence-electron chi connectivity index (χ0n) is 11.7. The van der Waals surface area contributed by atoms with Crippen molar-refractivity contribution >= 4 is 5.91 Å². The van der Waals surface area contributed by atoms with E-state index >= 15 is 0 Å². The van der Waals surface area contributed by atoms with Crippen molar-refractivity contribution in [2.24, 2.45) is 0 Å². The summed E-state index contributed by atoms with van der Waals surface area (Å²) in [6, 6.07) is 9.49. The molecule has 0 unspecified atom stereocenters. The summed E-state index contributed by atoms with van der Waals surface area (Å²) in [5.74, 6) is 0.934. The maximum absolute atomic E-state index is 11.5. The van der Waals surface area contributed by atoms with Gasteiger partial charge in [-0.1, -0.05) is 6.07 Å². The minimum atomic E-state index is 0.224. The first-order chi connectivity index (χ1) is 10.3. The van der Waals surface area contributed by atoms with Crippen molar-refractivity contribution in [1.82, 2.24) is 14.9 Å². The SMILES string of the molecule is O=C1CCCN1CCOc1ccc(-c2ccccn2)nc1. The van der Waals surface area contributed by atoms with E-state index in [1.807, 2.05) is 35.2 Å². The van der Waals surface area contributed by atoms with Crippen LogP contribution < -0.4 is 4.74 Å². The number of hydrogen-bond donors (Lipinski definition) is 0. The Bertz CT molecular complexity index is 599. The van der Waals surface area contributed by atoms with E-state index in [1.54, 1.807) is 12.4 Å². The van der Waals surface area contributed by atoms with Crippen LogP contribution in [-0.2, 0) is 4.79 Å². The second kappa shape index (κ2) is 6.35. The Morgan fingerprint density at radius 3 is 2.71 bits per heavy atom. The standard InChI is InChI=1S/C16H17N3O2/c20-16-5-3-9-19(16)10-11-21-13-6-7-15(18-12-13)14-4-1-2-8-17-14/h1-2,4,6-8,12H,3,5,9-11H2. The highest BCUT2D eigenvalue weighted by atomic mass is 16.5. The van der Waals surface area contributed by atoms with Gasteiger partial charge in [0.1, 0.15) is 12.4 Å². The molecular formula is C16H17N3O2. The lowest BCUT2D eigenvalue weighted by atomic mass is 10.2. The second-order valence-corrected chi connectivity index (χ2v) is 4.93. The van der Waals surface area contributed by atoms with Gasteiger partial charge >= 0.3 is 0 Å². The summed E-state index contributed by atoms with van der Waals surface area (Å²) >= 11 is 0. The molecule has 1 fully saturated rings. The van der Waals surface area contributed by atoms with Gasteiger partial charge in [-0.25, -0.2) is 0 Å². The van der Waals surface area contributed by atoms with Crippen LogP contribution in [0.5, 0.6) is 5.75 Å². The van der Waals surface area contributed by atoms with Crippen LogP contribution in [0.15, 0.2) is 42.7 Å². The smallest absolute Gasteiger partial charge is 0.222 e. The van der Waals surface area contributed by atoms with Crippen LogP contribution in [0.3, 0.4) is 0 Å². The summed E-state index contributed by atoms with van der Waals surface area (Å²) in [6.07, 6.45) is 5.06. The van der Waals surface area contributed by atoms with Crippen LogP contribution in [0.2, 0.25) is 0 Å². The predicted octanol–water partition coefficient (Wildman–Crippen LogP) is 2.14. The van der Waals surface area contributed by atoms with Crippen LogP contribution in [0.1, 0.15) is 12.8 Å². The maximum atomic E-state index is 11.5. The Morgan fingerprint density at radius 1 is 1.14 bits per heavy atom. The van der Waals surface area contributed by atoms with Crippen molar-refractivity contribution in [3.63, 3.8) is 0 Å². The van der Waals surface area contributed by atoms with Gasteiger partial charge in [0, 0.05) is 19.2 Å². The molecule has 21 heavy (non-hydrogen) atoms. The molecule has 108 valence electrons. The molecule has 2 aromatic heterocycles. The highest BCUT2D eigenvalue weighted by Crippen LogP contribution is 2.17. The molecule has 0 atom stereocenters. The first-order valence-corrected chi connectivity index (χ1v) is 7.11. The van der Waals surface area contributed by atoms with E-state index in [1.165, 1.54) is 0 Å². The second-order valence-electron chi connectivity index (χ2n) is 4.93. The Labute approximate surface area is 123 Å². The van der Waals surface area contributed by atoms with Crippen LogP contribution in [0.4, 0.5) is 0 Å². The summed E-state index contributed by atoms with van der Waals surface area (Å²) < 4.78 is 5.63. The predicted molar refractivity (Wildman–Crippen MR) is 78.8 cm³/mol. The van der Waals surface area contributed by atoms with E-state index < -0.39 is 0 Å². The number of carbonyl (C=O) groups excluding carboxylic acids is 1. The molecule has 1 aliphatic heterocycles. The van der Waals surface area contributed by atoms with E-state index in [-0.39, 0.29) is 5.91 Å². The van der Waals surface area contributed by atoms with Crippen LogP contribution >= 0.6 is 0 Å². The number of hydrogen-bond acceptors (Lipinski definition) is 4. The van der Waals surface area contributed by atoms with Crippen molar-refractivity contribution < 1.29 is 9.53 Å². The summed E-state index contributed by atoms with van der Waals surface area (Å²) in [5, 5.41) is 0. The molecule has 0 radical (unpaired) electrons. The Kier molecular flexibility index (Phi) is 4.09. The lowest BCUT2D eigenvalue weighted by Crippen LogP contribution is -2.29. The minimum absolute atomic E-state index is 0.224. The van der Waals surface area contributed by atoms with Crippen LogP contribution in [0, 0.1) is 0 Å². The van der Waals surface area contributed by atoms with Gasteiger partial charge in [-0.2, -0.15) is 0 Å². The molecule has 3 heterocycles. The molecule has 0 saturated carbocycles. The summed E-state index contributed by atoms with van der Waals surface area (Å²) in [6.45, 7) is 1.98. The number of likely N-dealkylation sites (tertiary alicyclic amines) is 1. The van der Waals surface area contributed by atoms with Gasteiger partial charge < -0.3 is 9.64 Å². The monoisotopic (exact) mass is 283 g/mol. The molecule has 5 heteroatoms. The highest BCUT2D eigenvalue weighted by Gasteiger charge is 2.19. The van der Waals surface area contributed by atoms with Crippen molar-refractivity contribution in [2.75, 3.05) is 19.7 Å². The van der Waals surface area contributed by atoms with E-state index in [4.69, 9.17) is 4.74 Å². The lowest BCUT2D eigenvalue weighted by molar-refractivity contribution is -0.128. The van der Waals surface area contributed by atoms with Crippen molar-refractivity contribution in [1.29, 1.82) is 0 Å². The fraction of sp³-hybridized carbons (Fsp3) is 0.312. The number of amides is 1. The molecule has 0 aromatic carbocycles. The van der Waals surface area contributed by atoms with Crippen molar-refractivity contribution in [2.45, 2.75) is 12.8 Å². The average Bonchev–Trinajstić information content (AvgIpc) is 2.94. The van der Waals surface area contributed by atoms with Gasteiger partial charge in [0.2, 0.25) is 5.91 Å². The number of rotatable bonds is 5. The molecule has 1 amide bonds. The Morgan fingerprint density at radius 2 is 2.05 bits per heavy atom. The number of aromatic nitrogens is 2. The fourth-order valence-electron chi connectivity index (χ4n) is 2.35. The third-order valence-electron chi connectivity index (χ3n) is 3.46. The summed E-state index contributed by atoms with van der Waals surface area (Å²) in [5.41, 5.74) is 1.66. The zero-order chi connectivity index (χ0) is 14.5. The topological polar surface area (TPSA) is 55.3 Å². The Hall–Kier alpha value is -2.43. The molecule has 1 saturated heterocycles. The van der Waals surface area contributed by atoms with Gasteiger partial charge in [-0.05, 0) is 30.7 Å². The van der Waals surface area contributed by atoms with E-state index in [9.17, 15) is 4.79 Å². The molecule has 1 aliphatic rings. The summed E-state index contributed by atoms with van der Waals surface area (Å²) in [7, 11) is 0. The van der Waals surface area contributed by atoms with Crippen LogP contribution in [0.25, 0.3) is 11.4 Å². The van der Waals surface area contributed by atoms with E-state index in [0.29, 0.717) is 25.3 Å². The maximum Gasteiger partial charge on any atom is 0.222 e. The third-order valence-corrected chi connectivity index (χ3v) is 3.46. The van der Waals surface area contributed by atoms with Gasteiger partial charge in [0.25, 0.3) is 0 Å². The molecule has 0 bridgehead atoms. The average molecular weight is 283 g/mol. The number of pyridine rings is 2. The first kappa shape index (κ1) is 13.5. The molecule has 0 spiro atoms. The van der Waals surface area contributed by atoms with E-state index in [0.717, 1.165) is 24.4 Å². The Balaban J connectivity index is 1.54. The molecule has 0 aliphatic carbocycles. The number of carbonyl (C=O) groups is 1. The first-order valence-electron chi connectivity index (χ1n) is 7.11. The number of nitrogens with zero attached hydrogens (tertiary/aromatic N) is 3. The molecule has 3 rings (SSSR count). The van der Waals surface area contributed by atoms with Gasteiger partial charge in [-0.15, -0.1) is 0 Å². The number of ether oxygens (including phenoxy) is 1. The van der Waals surface area contributed by atoms with Gasteiger partial charge in [0.05, 0.1) is 24.1 Å². The minimum Gasteiger partial charge on any atom is -0.490 e. The summed E-state index contributed by atoms with van der Waals surface area (Å²) in [4.78, 5) is 21.9. The quantitative estimate of drug-likeness (QED) is 0.843. The van der Waals surface area contributed by atoms with Crippen LogP contribution in [-0.4, -0.2) is 40.5 Å². The lowest BCUT2D eigenvalue weighted by Gasteiger charge is -2.15. The van der Waals surface area contributed by atoms with Gasteiger partial charge in [-0.3, -0.25) is 14.8 Å². The van der Waals surface area contributed by atoms with Crippen molar-refractivity contribution in [3.05, 3.63) is 42.7 Å². The fourth-order valence-corrected chi connectivity index (χ4v) is 2.35. The molecule has 5 nitrogen and oxygen atoms in total.